The van der Waals surface area contributed by atoms with Crippen LogP contribution in [0.2, 0.25) is 0 Å². The van der Waals surface area contributed by atoms with E-state index in [1.54, 1.807) is 23.7 Å². The van der Waals surface area contributed by atoms with Crippen molar-refractivity contribution < 1.29 is 4.79 Å². The number of nitrogens with zero attached hydrogens (tertiary/aromatic N) is 2. The molecule has 0 unspecified atom stereocenters. The molecule has 1 amide bonds. The molecule has 0 bridgehead atoms. The monoisotopic (exact) mass is 287 g/mol. The number of carbonyl (C=O) groups is 1. The van der Waals surface area contributed by atoms with Gasteiger partial charge in [0.2, 0.25) is 5.91 Å². The third kappa shape index (κ3) is 2.45. The molecule has 0 aliphatic heterocycles. The lowest BCUT2D eigenvalue weighted by Gasteiger charge is -2.33. The molecule has 1 aliphatic rings. The first-order valence-electron chi connectivity index (χ1n) is 6.94. The van der Waals surface area contributed by atoms with Crippen LogP contribution in [0.25, 0.3) is 0 Å². The van der Waals surface area contributed by atoms with Crippen molar-refractivity contribution in [2.75, 3.05) is 5.32 Å². The Bertz CT molecular complexity index is 562. The van der Waals surface area contributed by atoms with Gasteiger partial charge in [-0.15, -0.1) is 11.3 Å². The van der Waals surface area contributed by atoms with Gasteiger partial charge in [0.15, 0.2) is 0 Å². The predicted molar refractivity (Wildman–Crippen MR) is 79.7 cm³/mol. The van der Waals surface area contributed by atoms with E-state index in [-0.39, 0.29) is 5.91 Å². The minimum absolute atomic E-state index is 0.0332. The fourth-order valence-electron chi connectivity index (χ4n) is 2.83. The number of amides is 1. The van der Waals surface area contributed by atoms with Gasteiger partial charge in [0.1, 0.15) is 16.2 Å². The summed E-state index contributed by atoms with van der Waals surface area (Å²) in [7, 11) is 0. The van der Waals surface area contributed by atoms with Gasteiger partial charge in [0.05, 0.1) is 0 Å². The van der Waals surface area contributed by atoms with Crippen LogP contribution in [0.5, 0.6) is 0 Å². The van der Waals surface area contributed by atoms with Gasteiger partial charge in [-0.05, 0) is 25.0 Å². The van der Waals surface area contributed by atoms with Gasteiger partial charge >= 0.3 is 0 Å². The Hall–Kier alpha value is -1.75. The number of hydrogen-bond donors (Lipinski definition) is 1. The van der Waals surface area contributed by atoms with E-state index in [4.69, 9.17) is 0 Å². The number of carbonyl (C=O) groups excluding carboxylic acids is 1. The molecule has 0 atom stereocenters. The normalized spacial score (nSPS) is 17.6. The fourth-order valence-corrected chi connectivity index (χ4v) is 3.72. The van der Waals surface area contributed by atoms with Crippen LogP contribution in [0.4, 0.5) is 5.82 Å². The summed E-state index contributed by atoms with van der Waals surface area (Å²) in [5.74, 6) is 0.643. The van der Waals surface area contributed by atoms with Crippen LogP contribution in [-0.4, -0.2) is 15.9 Å². The minimum atomic E-state index is -0.468. The fraction of sp³-hybridized carbons (Fsp3) is 0.400. The third-order valence-electron chi connectivity index (χ3n) is 3.89. The van der Waals surface area contributed by atoms with Gasteiger partial charge < -0.3 is 5.32 Å². The van der Waals surface area contributed by atoms with Crippen LogP contribution in [0, 0.1) is 0 Å². The van der Waals surface area contributed by atoms with Gasteiger partial charge in [-0.1, -0.05) is 25.3 Å². The molecule has 1 aliphatic carbocycles. The molecular formula is C15H17N3OS. The molecule has 0 aromatic carbocycles. The van der Waals surface area contributed by atoms with Crippen molar-refractivity contribution in [2.45, 2.75) is 37.5 Å². The summed E-state index contributed by atoms with van der Waals surface area (Å²) in [5.41, 5.74) is -0.468. The predicted octanol–water partition coefficient (Wildman–Crippen LogP) is 3.38. The first-order chi connectivity index (χ1) is 9.81. The Kier molecular flexibility index (Phi) is 3.78. The van der Waals surface area contributed by atoms with E-state index in [1.807, 2.05) is 23.6 Å². The standard InChI is InChI=1S/C15H17N3OS/c19-13(18-12-6-2-5-9-16-12)15(7-3-1-4-8-15)14-17-10-11-20-14/h2,5-6,9-11H,1,3-4,7-8H2,(H,16,18,19). The molecule has 2 aromatic rings. The average Bonchev–Trinajstić information content (AvgIpc) is 3.04. The van der Waals surface area contributed by atoms with Crippen LogP contribution < -0.4 is 5.32 Å². The Morgan fingerprint density at radius 3 is 2.65 bits per heavy atom. The summed E-state index contributed by atoms with van der Waals surface area (Å²) in [5, 5.41) is 5.84. The van der Waals surface area contributed by atoms with E-state index < -0.39 is 5.41 Å². The molecule has 2 heterocycles. The van der Waals surface area contributed by atoms with Crippen LogP contribution in [0.15, 0.2) is 36.0 Å². The number of nitrogens with one attached hydrogen (secondary N) is 1. The molecule has 3 rings (SSSR count). The van der Waals surface area contributed by atoms with Gasteiger partial charge in [-0.2, -0.15) is 0 Å². The topological polar surface area (TPSA) is 54.9 Å². The highest BCUT2D eigenvalue weighted by atomic mass is 32.1. The highest BCUT2D eigenvalue weighted by Crippen LogP contribution is 2.41. The lowest BCUT2D eigenvalue weighted by atomic mass is 9.73. The summed E-state index contributed by atoms with van der Waals surface area (Å²) in [6.45, 7) is 0. The highest BCUT2D eigenvalue weighted by molar-refractivity contribution is 7.09. The van der Waals surface area contributed by atoms with Crippen molar-refractivity contribution in [2.24, 2.45) is 0 Å². The molecule has 5 heteroatoms. The third-order valence-corrected chi connectivity index (χ3v) is 4.87. The summed E-state index contributed by atoms with van der Waals surface area (Å²) in [6, 6.07) is 5.53. The molecule has 20 heavy (non-hydrogen) atoms. The number of pyridine rings is 1. The summed E-state index contributed by atoms with van der Waals surface area (Å²) in [6.07, 6.45) is 8.57. The van der Waals surface area contributed by atoms with Crippen LogP contribution in [-0.2, 0) is 10.2 Å². The van der Waals surface area contributed by atoms with Gasteiger partial charge in [-0.3, -0.25) is 4.79 Å². The number of anilines is 1. The molecular weight excluding hydrogens is 270 g/mol. The Morgan fingerprint density at radius 2 is 2.00 bits per heavy atom. The highest BCUT2D eigenvalue weighted by Gasteiger charge is 2.43. The van der Waals surface area contributed by atoms with E-state index in [1.165, 1.54) is 6.42 Å². The first kappa shape index (κ1) is 13.2. The molecule has 0 saturated heterocycles. The SMILES string of the molecule is O=C(Nc1ccccn1)C1(c2nccs2)CCCCC1. The number of aromatic nitrogens is 2. The smallest absolute Gasteiger partial charge is 0.238 e. The number of thiazole rings is 1. The van der Waals surface area contributed by atoms with E-state index in [9.17, 15) is 4.79 Å². The Labute approximate surface area is 122 Å². The second-order valence-electron chi connectivity index (χ2n) is 5.15. The van der Waals surface area contributed by atoms with Crippen LogP contribution in [0.1, 0.15) is 37.1 Å². The second kappa shape index (κ2) is 5.71. The lowest BCUT2D eigenvalue weighted by Crippen LogP contribution is -2.42. The number of rotatable bonds is 3. The molecule has 1 saturated carbocycles. The molecule has 0 spiro atoms. The zero-order chi connectivity index (χ0) is 13.8. The van der Waals surface area contributed by atoms with Crippen molar-refractivity contribution in [1.82, 2.24) is 9.97 Å². The molecule has 2 aromatic heterocycles. The zero-order valence-corrected chi connectivity index (χ0v) is 12.0. The van der Waals surface area contributed by atoms with Crippen molar-refractivity contribution in [3.05, 3.63) is 41.0 Å². The quantitative estimate of drug-likeness (QED) is 0.941. The molecule has 0 radical (unpaired) electrons. The van der Waals surface area contributed by atoms with E-state index in [2.05, 4.69) is 15.3 Å². The maximum Gasteiger partial charge on any atom is 0.238 e. The Morgan fingerprint density at radius 1 is 1.15 bits per heavy atom. The largest absolute Gasteiger partial charge is 0.310 e. The maximum absolute atomic E-state index is 12.8. The van der Waals surface area contributed by atoms with Crippen LogP contribution in [0.3, 0.4) is 0 Å². The summed E-state index contributed by atoms with van der Waals surface area (Å²) in [4.78, 5) is 21.4. The van der Waals surface area contributed by atoms with Crippen molar-refractivity contribution in [3.63, 3.8) is 0 Å². The second-order valence-corrected chi connectivity index (χ2v) is 6.04. The van der Waals surface area contributed by atoms with Crippen molar-refractivity contribution >= 4 is 23.1 Å². The van der Waals surface area contributed by atoms with E-state index in [0.29, 0.717) is 5.82 Å². The first-order valence-corrected chi connectivity index (χ1v) is 7.82. The van der Waals surface area contributed by atoms with Gasteiger partial charge in [-0.25, -0.2) is 9.97 Å². The van der Waals surface area contributed by atoms with Crippen molar-refractivity contribution in [3.8, 4) is 0 Å². The van der Waals surface area contributed by atoms with E-state index >= 15 is 0 Å². The lowest BCUT2D eigenvalue weighted by molar-refractivity contribution is -0.122. The summed E-state index contributed by atoms with van der Waals surface area (Å²) < 4.78 is 0. The van der Waals surface area contributed by atoms with Gasteiger partial charge in [0, 0.05) is 17.8 Å². The average molecular weight is 287 g/mol. The molecule has 104 valence electrons. The van der Waals surface area contributed by atoms with Gasteiger partial charge in [0.25, 0.3) is 0 Å². The molecule has 1 N–H and O–H groups in total. The van der Waals surface area contributed by atoms with E-state index in [0.717, 1.165) is 30.7 Å². The summed E-state index contributed by atoms with van der Waals surface area (Å²) >= 11 is 1.57. The molecule has 1 fully saturated rings. The minimum Gasteiger partial charge on any atom is -0.310 e. The number of hydrogen-bond acceptors (Lipinski definition) is 4. The maximum atomic E-state index is 12.8. The van der Waals surface area contributed by atoms with Crippen molar-refractivity contribution in [1.29, 1.82) is 0 Å². The Balaban J connectivity index is 1.88. The molecule has 4 nitrogen and oxygen atoms in total. The van der Waals surface area contributed by atoms with Crippen LogP contribution >= 0.6 is 11.3 Å². The zero-order valence-electron chi connectivity index (χ0n) is 11.2.